The highest BCUT2D eigenvalue weighted by Gasteiger charge is 2.19. The minimum absolute atomic E-state index is 0.0926. The van der Waals surface area contributed by atoms with E-state index in [4.69, 9.17) is 4.43 Å². The summed E-state index contributed by atoms with van der Waals surface area (Å²) in [7, 11) is -0.932. The third kappa shape index (κ3) is 3.10. The molecule has 6 heteroatoms. The standard InChI is InChI=1S/C9H11FNO3Si/c1-15(2)14-6-7-4-3-5-8(10)9(7)11(12)13/h3-5H,6H2,1-2H3. The van der Waals surface area contributed by atoms with Crippen LogP contribution in [-0.4, -0.2) is 14.0 Å². The maximum Gasteiger partial charge on any atom is 0.310 e. The molecule has 0 heterocycles. The number of rotatable bonds is 4. The lowest BCUT2D eigenvalue weighted by Crippen LogP contribution is -2.09. The Morgan fingerprint density at radius 3 is 2.73 bits per heavy atom. The van der Waals surface area contributed by atoms with Gasteiger partial charge in [-0.15, -0.1) is 0 Å². The summed E-state index contributed by atoms with van der Waals surface area (Å²) in [5.74, 6) is -0.818. The van der Waals surface area contributed by atoms with E-state index in [1.54, 1.807) is 0 Å². The van der Waals surface area contributed by atoms with E-state index < -0.39 is 25.5 Å². The maximum atomic E-state index is 13.1. The average Bonchev–Trinajstić information content (AvgIpc) is 2.13. The molecule has 0 unspecified atom stereocenters. The van der Waals surface area contributed by atoms with Crippen LogP contribution in [0.5, 0.6) is 0 Å². The monoisotopic (exact) mass is 228 g/mol. The van der Waals surface area contributed by atoms with Crippen LogP contribution in [0.2, 0.25) is 13.1 Å². The Labute approximate surface area is 88.6 Å². The van der Waals surface area contributed by atoms with Crippen LogP contribution in [0, 0.1) is 15.9 Å². The minimum Gasteiger partial charge on any atom is -0.413 e. The smallest absolute Gasteiger partial charge is 0.310 e. The largest absolute Gasteiger partial charge is 0.413 e. The van der Waals surface area contributed by atoms with Gasteiger partial charge in [-0.05, 0) is 25.2 Å². The number of nitrogens with zero attached hydrogens (tertiary/aromatic N) is 1. The molecule has 1 aromatic rings. The van der Waals surface area contributed by atoms with Crippen molar-refractivity contribution in [3.8, 4) is 0 Å². The van der Waals surface area contributed by atoms with Gasteiger partial charge >= 0.3 is 5.69 Å². The third-order valence-corrected chi connectivity index (χ3v) is 2.49. The fourth-order valence-electron chi connectivity index (χ4n) is 1.10. The van der Waals surface area contributed by atoms with Gasteiger partial charge in [-0.1, -0.05) is 6.07 Å². The van der Waals surface area contributed by atoms with Crippen molar-refractivity contribution in [1.82, 2.24) is 0 Å². The minimum atomic E-state index is -0.932. The van der Waals surface area contributed by atoms with Gasteiger partial charge in [-0.3, -0.25) is 10.1 Å². The second-order valence-corrected chi connectivity index (χ2v) is 5.31. The van der Waals surface area contributed by atoms with E-state index in [1.807, 2.05) is 13.1 Å². The van der Waals surface area contributed by atoms with E-state index in [1.165, 1.54) is 12.1 Å². The number of hydrogen-bond donors (Lipinski definition) is 0. The van der Waals surface area contributed by atoms with Crippen LogP contribution in [0.1, 0.15) is 5.56 Å². The van der Waals surface area contributed by atoms with Gasteiger partial charge in [0.25, 0.3) is 0 Å². The lowest BCUT2D eigenvalue weighted by molar-refractivity contribution is -0.388. The molecular weight excluding hydrogens is 217 g/mol. The lowest BCUT2D eigenvalue weighted by Gasteiger charge is -2.06. The molecule has 15 heavy (non-hydrogen) atoms. The van der Waals surface area contributed by atoms with Crippen molar-refractivity contribution in [2.75, 3.05) is 0 Å². The molecule has 0 N–H and O–H groups in total. The molecule has 0 aromatic heterocycles. The highest BCUT2D eigenvalue weighted by atomic mass is 28.3. The zero-order valence-electron chi connectivity index (χ0n) is 8.49. The first-order chi connectivity index (χ1) is 7.02. The van der Waals surface area contributed by atoms with E-state index in [2.05, 4.69) is 0 Å². The van der Waals surface area contributed by atoms with E-state index in [0.29, 0.717) is 0 Å². The maximum absolute atomic E-state index is 13.1. The molecule has 1 aromatic carbocycles. The van der Waals surface area contributed by atoms with E-state index in [0.717, 1.165) is 6.07 Å². The Morgan fingerprint density at radius 1 is 1.53 bits per heavy atom. The Hall–Kier alpha value is -1.27. The van der Waals surface area contributed by atoms with Crippen molar-refractivity contribution < 1.29 is 13.7 Å². The Bertz CT molecular complexity index is 370. The van der Waals surface area contributed by atoms with Crippen LogP contribution in [-0.2, 0) is 11.0 Å². The summed E-state index contributed by atoms with van der Waals surface area (Å²) in [5, 5.41) is 10.6. The molecule has 0 aliphatic rings. The predicted molar refractivity (Wildman–Crippen MR) is 55.3 cm³/mol. The molecule has 0 spiro atoms. The molecule has 0 atom stereocenters. The molecule has 0 bridgehead atoms. The van der Waals surface area contributed by atoms with E-state index >= 15 is 0 Å². The highest BCUT2D eigenvalue weighted by molar-refractivity contribution is 6.48. The molecular formula is C9H11FNO3Si. The summed E-state index contributed by atoms with van der Waals surface area (Å²) in [6.45, 7) is 3.92. The SMILES string of the molecule is C[Si](C)OCc1cccc(F)c1[N+](=O)[O-]. The zero-order valence-corrected chi connectivity index (χ0v) is 9.49. The van der Waals surface area contributed by atoms with Gasteiger partial charge in [0.15, 0.2) is 0 Å². The van der Waals surface area contributed by atoms with Crippen LogP contribution in [0.3, 0.4) is 0 Å². The molecule has 0 aliphatic carbocycles. The Balaban J connectivity index is 2.96. The molecule has 0 fully saturated rings. The van der Waals surface area contributed by atoms with Crippen molar-refractivity contribution in [1.29, 1.82) is 0 Å². The molecule has 0 saturated carbocycles. The fraction of sp³-hybridized carbons (Fsp3) is 0.333. The van der Waals surface area contributed by atoms with Gasteiger partial charge in [0.05, 0.1) is 17.1 Å². The van der Waals surface area contributed by atoms with Crippen LogP contribution in [0.25, 0.3) is 0 Å². The Morgan fingerprint density at radius 2 is 2.20 bits per heavy atom. The van der Waals surface area contributed by atoms with Gasteiger partial charge in [-0.2, -0.15) is 4.39 Å². The van der Waals surface area contributed by atoms with E-state index in [-0.39, 0.29) is 12.2 Å². The number of halogens is 1. The van der Waals surface area contributed by atoms with Crippen LogP contribution >= 0.6 is 0 Å². The highest BCUT2D eigenvalue weighted by Crippen LogP contribution is 2.22. The summed E-state index contributed by atoms with van der Waals surface area (Å²) in [5.41, 5.74) is -0.202. The number of benzene rings is 1. The second-order valence-electron chi connectivity index (χ2n) is 3.20. The molecule has 4 nitrogen and oxygen atoms in total. The van der Waals surface area contributed by atoms with Gasteiger partial charge in [0.1, 0.15) is 0 Å². The molecule has 0 amide bonds. The van der Waals surface area contributed by atoms with Crippen LogP contribution < -0.4 is 0 Å². The van der Waals surface area contributed by atoms with Crippen molar-refractivity contribution in [3.63, 3.8) is 0 Å². The first-order valence-electron chi connectivity index (χ1n) is 4.37. The van der Waals surface area contributed by atoms with Crippen LogP contribution in [0.15, 0.2) is 18.2 Å². The lowest BCUT2D eigenvalue weighted by atomic mass is 10.2. The fourth-order valence-corrected chi connectivity index (χ4v) is 1.55. The molecule has 0 aliphatic heterocycles. The van der Waals surface area contributed by atoms with Crippen LogP contribution in [0.4, 0.5) is 10.1 Å². The number of nitro benzene ring substituents is 1. The summed E-state index contributed by atoms with van der Waals surface area (Å²) < 4.78 is 18.4. The zero-order chi connectivity index (χ0) is 11.4. The first kappa shape index (κ1) is 11.8. The molecule has 1 rings (SSSR count). The van der Waals surface area contributed by atoms with Crippen molar-refractivity contribution >= 4 is 14.7 Å². The molecule has 81 valence electrons. The quantitative estimate of drug-likeness (QED) is 0.452. The summed E-state index contributed by atoms with van der Waals surface area (Å²) >= 11 is 0. The summed E-state index contributed by atoms with van der Waals surface area (Å²) in [6.07, 6.45) is 0. The normalized spacial score (nSPS) is 10.7. The number of nitro groups is 1. The number of para-hydroxylation sites is 1. The van der Waals surface area contributed by atoms with Gasteiger partial charge in [0, 0.05) is 0 Å². The summed E-state index contributed by atoms with van der Waals surface area (Å²) in [4.78, 5) is 9.89. The molecule has 0 saturated heterocycles. The van der Waals surface area contributed by atoms with Crippen molar-refractivity contribution in [2.24, 2.45) is 0 Å². The number of hydrogen-bond acceptors (Lipinski definition) is 3. The van der Waals surface area contributed by atoms with Crippen molar-refractivity contribution in [3.05, 3.63) is 39.7 Å². The van der Waals surface area contributed by atoms with Gasteiger partial charge < -0.3 is 4.43 Å². The van der Waals surface area contributed by atoms with Gasteiger partial charge in [0.2, 0.25) is 14.9 Å². The van der Waals surface area contributed by atoms with Crippen molar-refractivity contribution in [2.45, 2.75) is 19.7 Å². The Kier molecular flexibility index (Phi) is 3.93. The predicted octanol–water partition coefficient (Wildman–Crippen LogP) is 2.50. The third-order valence-electron chi connectivity index (χ3n) is 1.77. The second kappa shape index (κ2) is 4.99. The topological polar surface area (TPSA) is 52.4 Å². The summed E-state index contributed by atoms with van der Waals surface area (Å²) in [6, 6.07) is 4.02. The molecule has 1 radical (unpaired) electrons. The van der Waals surface area contributed by atoms with E-state index in [9.17, 15) is 14.5 Å². The average molecular weight is 228 g/mol. The first-order valence-corrected chi connectivity index (χ1v) is 6.78. The van der Waals surface area contributed by atoms with Gasteiger partial charge in [-0.25, -0.2) is 0 Å².